The van der Waals surface area contributed by atoms with Crippen LogP contribution < -0.4 is 4.90 Å². The molecule has 0 N–H and O–H groups in total. The van der Waals surface area contributed by atoms with Gasteiger partial charge in [0.2, 0.25) is 5.91 Å². The van der Waals surface area contributed by atoms with Gasteiger partial charge in [-0.25, -0.2) is 9.18 Å². The van der Waals surface area contributed by atoms with Crippen molar-refractivity contribution in [3.63, 3.8) is 0 Å². The van der Waals surface area contributed by atoms with Crippen LogP contribution in [0.25, 0.3) is 0 Å². The Morgan fingerprint density at radius 3 is 2.49 bits per heavy atom. The number of likely N-dealkylation sites (N-methyl/N-ethyl adjacent to an activating group) is 1. The van der Waals surface area contributed by atoms with Gasteiger partial charge in [0, 0.05) is 52.1 Å². The number of carbonyl (C=O) groups excluding carboxylic acids is 2. The minimum Gasteiger partial charge on any atom is -0.437 e. The predicted octanol–water partition coefficient (Wildman–Crippen LogP) is 6.89. The second-order valence-corrected chi connectivity index (χ2v) is 11.7. The maximum Gasteiger partial charge on any atom is 0.414 e. The first-order valence-corrected chi connectivity index (χ1v) is 14.7. The first-order valence-electron chi connectivity index (χ1n) is 13.9. The summed E-state index contributed by atoms with van der Waals surface area (Å²) in [5.41, 5.74) is 2.55. The molecule has 1 fully saturated rings. The van der Waals surface area contributed by atoms with Crippen LogP contribution >= 0.6 is 23.2 Å². The van der Waals surface area contributed by atoms with Gasteiger partial charge >= 0.3 is 6.09 Å². The number of carbonyl (C=O) groups is 2. The zero-order valence-electron chi connectivity index (χ0n) is 23.3. The third-order valence-electron chi connectivity index (χ3n) is 8.36. The number of amides is 2. The second kappa shape index (κ2) is 12.4. The summed E-state index contributed by atoms with van der Waals surface area (Å²) in [6.45, 7) is 2.57. The van der Waals surface area contributed by atoms with Crippen LogP contribution in [0.1, 0.15) is 41.9 Å². The zero-order chi connectivity index (χ0) is 29.1. The molecule has 0 saturated carbocycles. The highest BCUT2D eigenvalue weighted by atomic mass is 35.5. The van der Waals surface area contributed by atoms with E-state index in [1.165, 1.54) is 22.6 Å². The summed E-state index contributed by atoms with van der Waals surface area (Å²) in [4.78, 5) is 31.9. The monoisotopic (exact) mass is 597 g/mol. The van der Waals surface area contributed by atoms with Crippen LogP contribution in [0.3, 0.4) is 0 Å². The maximum atomic E-state index is 14.2. The molecule has 41 heavy (non-hydrogen) atoms. The lowest BCUT2D eigenvalue weighted by atomic mass is 9.81. The highest BCUT2D eigenvalue weighted by Crippen LogP contribution is 2.45. The van der Waals surface area contributed by atoms with Gasteiger partial charge in [-0.2, -0.15) is 0 Å². The van der Waals surface area contributed by atoms with Crippen molar-refractivity contribution >= 4 is 40.9 Å². The molecule has 2 aliphatic heterocycles. The van der Waals surface area contributed by atoms with Crippen LogP contribution in [0.4, 0.5) is 14.9 Å². The number of piperidine rings is 1. The molecular weight excluding hydrogens is 564 g/mol. The number of halogens is 3. The van der Waals surface area contributed by atoms with Gasteiger partial charge in [0.25, 0.3) is 0 Å². The number of nitrogens with zero attached hydrogens (tertiary/aromatic N) is 3. The lowest BCUT2D eigenvalue weighted by Crippen LogP contribution is -2.51. The minimum atomic E-state index is -0.853. The van der Waals surface area contributed by atoms with Crippen molar-refractivity contribution in [1.82, 2.24) is 9.80 Å². The number of likely N-dealkylation sites (tertiary alicyclic amines) is 1. The molecule has 2 amide bonds. The predicted molar refractivity (Wildman–Crippen MR) is 160 cm³/mol. The molecule has 1 unspecified atom stereocenters. The Morgan fingerprint density at radius 1 is 1.05 bits per heavy atom. The summed E-state index contributed by atoms with van der Waals surface area (Å²) in [7, 11) is 3.48. The third-order valence-corrected chi connectivity index (χ3v) is 9.10. The standard InChI is InChI=1S/C32H34Cl2FN3O3/c1-36(16-12-22-6-4-3-5-7-22)30(39)25(23-8-10-27(33)28(34)20-23)13-17-38-18-14-32(15-19-38)26-21-24(35)9-11-29(26)37(2)31(40)41-32/h3-11,20-21,25H,12-19H2,1-2H3. The number of hydrogen-bond acceptors (Lipinski definition) is 4. The Bertz CT molecular complexity index is 1410. The molecule has 3 aromatic rings. The summed E-state index contributed by atoms with van der Waals surface area (Å²) in [6, 6.07) is 20.0. The quantitative estimate of drug-likeness (QED) is 0.284. The van der Waals surface area contributed by atoms with E-state index < -0.39 is 17.6 Å². The van der Waals surface area contributed by atoms with Gasteiger partial charge in [-0.3, -0.25) is 9.69 Å². The average Bonchev–Trinajstić information content (AvgIpc) is 2.98. The Balaban J connectivity index is 1.28. The molecule has 0 aliphatic carbocycles. The van der Waals surface area contributed by atoms with Crippen molar-refractivity contribution in [2.45, 2.75) is 37.2 Å². The fourth-order valence-corrected chi connectivity index (χ4v) is 6.16. The average molecular weight is 599 g/mol. The molecule has 2 aliphatic rings. The minimum absolute atomic E-state index is 0.0291. The van der Waals surface area contributed by atoms with Crippen LogP contribution in [0.5, 0.6) is 0 Å². The van der Waals surface area contributed by atoms with Crippen LogP contribution in [0.2, 0.25) is 10.0 Å². The van der Waals surface area contributed by atoms with Crippen molar-refractivity contribution < 1.29 is 18.7 Å². The zero-order valence-corrected chi connectivity index (χ0v) is 24.8. The number of hydrogen-bond donors (Lipinski definition) is 0. The Morgan fingerprint density at radius 2 is 1.78 bits per heavy atom. The van der Waals surface area contributed by atoms with E-state index in [4.69, 9.17) is 27.9 Å². The van der Waals surface area contributed by atoms with Crippen molar-refractivity contribution in [3.8, 4) is 0 Å². The Labute approximate surface area is 250 Å². The van der Waals surface area contributed by atoms with Crippen molar-refractivity contribution in [2.75, 3.05) is 45.2 Å². The highest BCUT2D eigenvalue weighted by molar-refractivity contribution is 6.42. The van der Waals surface area contributed by atoms with E-state index in [0.717, 1.165) is 12.0 Å². The van der Waals surface area contributed by atoms with Crippen LogP contribution in [-0.4, -0.2) is 62.1 Å². The van der Waals surface area contributed by atoms with Crippen LogP contribution in [-0.2, 0) is 21.6 Å². The van der Waals surface area contributed by atoms with E-state index in [9.17, 15) is 14.0 Å². The molecule has 3 aromatic carbocycles. The molecule has 2 heterocycles. The molecule has 6 nitrogen and oxygen atoms in total. The van der Waals surface area contributed by atoms with Gasteiger partial charge in [-0.15, -0.1) is 0 Å². The molecule has 5 rings (SSSR count). The van der Waals surface area contributed by atoms with Gasteiger partial charge in [-0.1, -0.05) is 59.6 Å². The highest BCUT2D eigenvalue weighted by Gasteiger charge is 2.46. The number of fused-ring (bicyclic) bond motifs is 2. The first kappa shape index (κ1) is 29.4. The van der Waals surface area contributed by atoms with E-state index >= 15 is 0 Å². The van der Waals surface area contributed by atoms with Gasteiger partial charge in [0.1, 0.15) is 11.4 Å². The van der Waals surface area contributed by atoms with Gasteiger partial charge in [-0.05, 0) is 60.8 Å². The fourth-order valence-electron chi connectivity index (χ4n) is 5.86. The molecule has 1 spiro atoms. The smallest absolute Gasteiger partial charge is 0.414 e. The van der Waals surface area contributed by atoms with E-state index in [0.29, 0.717) is 66.7 Å². The molecule has 0 bridgehead atoms. The molecular formula is C32H34Cl2FN3O3. The Hall–Kier alpha value is -3.13. The molecule has 0 aromatic heterocycles. The van der Waals surface area contributed by atoms with E-state index in [1.54, 1.807) is 30.1 Å². The second-order valence-electron chi connectivity index (χ2n) is 10.9. The first-order chi connectivity index (χ1) is 19.7. The van der Waals surface area contributed by atoms with E-state index in [-0.39, 0.29) is 11.7 Å². The van der Waals surface area contributed by atoms with Gasteiger partial charge < -0.3 is 14.5 Å². The lowest BCUT2D eigenvalue weighted by molar-refractivity contribution is -0.131. The van der Waals surface area contributed by atoms with Crippen molar-refractivity contribution in [3.05, 3.63) is 99.3 Å². The number of anilines is 1. The van der Waals surface area contributed by atoms with E-state index in [2.05, 4.69) is 17.0 Å². The molecule has 9 heteroatoms. The summed E-state index contributed by atoms with van der Waals surface area (Å²) in [5, 5.41) is 0.869. The number of benzene rings is 3. The SMILES string of the molecule is CN(CCc1ccccc1)C(=O)C(CCN1CCC2(CC1)OC(=O)N(C)c1ccc(F)cc12)c1ccc(Cl)c(Cl)c1. The maximum absolute atomic E-state index is 14.2. The van der Waals surface area contributed by atoms with Crippen molar-refractivity contribution in [2.24, 2.45) is 0 Å². The van der Waals surface area contributed by atoms with Crippen LogP contribution in [0.15, 0.2) is 66.7 Å². The molecule has 0 radical (unpaired) electrons. The normalized spacial score (nSPS) is 17.2. The number of rotatable bonds is 8. The largest absolute Gasteiger partial charge is 0.437 e. The summed E-state index contributed by atoms with van der Waals surface area (Å²) >= 11 is 12.5. The molecule has 1 saturated heterocycles. The Kier molecular flexibility index (Phi) is 8.88. The topological polar surface area (TPSA) is 53.1 Å². The number of ether oxygens (including phenoxy) is 1. The van der Waals surface area contributed by atoms with E-state index in [1.807, 2.05) is 31.3 Å². The summed E-state index contributed by atoms with van der Waals surface area (Å²) in [5.74, 6) is -0.713. The van der Waals surface area contributed by atoms with Crippen molar-refractivity contribution in [1.29, 1.82) is 0 Å². The summed E-state index contributed by atoms with van der Waals surface area (Å²) in [6.07, 6.45) is 2.02. The fraction of sp³-hybridized carbons (Fsp3) is 0.375. The van der Waals surface area contributed by atoms with Gasteiger partial charge in [0.05, 0.1) is 21.7 Å². The van der Waals surface area contributed by atoms with Gasteiger partial charge in [0.15, 0.2) is 0 Å². The summed E-state index contributed by atoms with van der Waals surface area (Å²) < 4.78 is 20.1. The third kappa shape index (κ3) is 6.37. The molecule has 216 valence electrons. The lowest BCUT2D eigenvalue weighted by Gasteiger charge is -2.46. The van der Waals surface area contributed by atoms with Crippen LogP contribution in [0, 0.1) is 5.82 Å². The molecule has 1 atom stereocenters.